The van der Waals surface area contributed by atoms with Crippen LogP contribution in [0.5, 0.6) is 0 Å². The molecule has 0 atom stereocenters. The highest BCUT2D eigenvalue weighted by Crippen LogP contribution is 2.16. The Morgan fingerprint density at radius 1 is 1.17 bits per heavy atom. The van der Waals surface area contributed by atoms with Crippen LogP contribution in [-0.4, -0.2) is 73.8 Å². The Morgan fingerprint density at radius 3 is 2.40 bits per heavy atom. The van der Waals surface area contributed by atoms with Gasteiger partial charge in [0.25, 0.3) is 0 Å². The molecular formula is C23H42IN5O. The second kappa shape index (κ2) is 13.5. The minimum atomic E-state index is 0. The zero-order valence-electron chi connectivity index (χ0n) is 19.7. The summed E-state index contributed by atoms with van der Waals surface area (Å²) in [6.45, 7) is 18.0. The molecule has 1 aromatic carbocycles. The zero-order valence-corrected chi connectivity index (χ0v) is 22.0. The highest BCUT2D eigenvalue weighted by atomic mass is 127. The molecule has 1 aliphatic heterocycles. The first-order chi connectivity index (χ1) is 13.8. The summed E-state index contributed by atoms with van der Waals surface area (Å²) in [6.07, 6.45) is 0. The van der Waals surface area contributed by atoms with Gasteiger partial charge in [-0.3, -0.25) is 9.80 Å². The predicted molar refractivity (Wildman–Crippen MR) is 138 cm³/mol. The number of ether oxygens (including phenoxy) is 1. The minimum absolute atomic E-state index is 0. The van der Waals surface area contributed by atoms with Gasteiger partial charge in [-0.15, -0.1) is 24.0 Å². The molecule has 172 valence electrons. The van der Waals surface area contributed by atoms with Crippen LogP contribution in [0.25, 0.3) is 0 Å². The van der Waals surface area contributed by atoms with Gasteiger partial charge in [0.05, 0.1) is 19.8 Å². The number of morpholine rings is 1. The van der Waals surface area contributed by atoms with E-state index in [4.69, 9.17) is 9.73 Å². The van der Waals surface area contributed by atoms with Gasteiger partial charge in [0.1, 0.15) is 0 Å². The molecule has 0 unspecified atom stereocenters. The first kappa shape index (κ1) is 27.1. The Balaban J connectivity index is 0.00000450. The van der Waals surface area contributed by atoms with E-state index < -0.39 is 0 Å². The maximum atomic E-state index is 5.50. The van der Waals surface area contributed by atoms with Crippen LogP contribution in [0.15, 0.2) is 29.3 Å². The van der Waals surface area contributed by atoms with Crippen molar-refractivity contribution in [3.05, 3.63) is 35.4 Å². The fourth-order valence-electron chi connectivity index (χ4n) is 3.40. The lowest BCUT2D eigenvalue weighted by molar-refractivity contribution is -0.00834. The lowest BCUT2D eigenvalue weighted by Gasteiger charge is -2.41. The van der Waals surface area contributed by atoms with E-state index in [0.29, 0.717) is 12.6 Å². The number of nitrogens with one attached hydrogen (secondary N) is 2. The van der Waals surface area contributed by atoms with Crippen LogP contribution in [0.1, 0.15) is 45.7 Å². The number of aliphatic imine (C=N–C) groups is 1. The molecule has 0 saturated carbocycles. The molecule has 1 fully saturated rings. The van der Waals surface area contributed by atoms with Crippen LogP contribution in [-0.2, 0) is 17.8 Å². The summed E-state index contributed by atoms with van der Waals surface area (Å²) in [5.41, 5.74) is 2.68. The van der Waals surface area contributed by atoms with Gasteiger partial charge in [0.15, 0.2) is 5.96 Å². The Bertz CT molecular complexity index is 644. The fraction of sp³-hybridized carbons (Fsp3) is 0.696. The molecule has 30 heavy (non-hydrogen) atoms. The summed E-state index contributed by atoms with van der Waals surface area (Å²) in [7, 11) is 2.17. The van der Waals surface area contributed by atoms with Crippen molar-refractivity contribution < 1.29 is 4.74 Å². The van der Waals surface area contributed by atoms with Crippen molar-refractivity contribution in [3.63, 3.8) is 0 Å². The molecule has 0 spiro atoms. The third-order valence-corrected chi connectivity index (χ3v) is 5.73. The molecule has 0 aliphatic carbocycles. The van der Waals surface area contributed by atoms with Crippen molar-refractivity contribution in [2.24, 2.45) is 4.99 Å². The molecular weight excluding hydrogens is 489 g/mol. The molecule has 1 heterocycles. The largest absolute Gasteiger partial charge is 0.379 e. The molecule has 0 aromatic heterocycles. The summed E-state index contributed by atoms with van der Waals surface area (Å²) in [5.74, 6) is 0.876. The van der Waals surface area contributed by atoms with Crippen molar-refractivity contribution in [2.75, 3.05) is 46.4 Å². The Labute approximate surface area is 200 Å². The number of nitrogens with zero attached hydrogens (tertiary/aromatic N) is 3. The maximum absolute atomic E-state index is 5.50. The first-order valence-corrected chi connectivity index (χ1v) is 11.0. The van der Waals surface area contributed by atoms with Crippen molar-refractivity contribution in [2.45, 2.75) is 59.3 Å². The molecule has 2 N–H and O–H groups in total. The van der Waals surface area contributed by atoms with E-state index in [9.17, 15) is 0 Å². The third-order valence-electron chi connectivity index (χ3n) is 5.73. The Kier molecular flexibility index (Phi) is 12.2. The normalized spacial score (nSPS) is 15.9. The quantitative estimate of drug-likeness (QED) is 0.291. The SMILES string of the molecule is CCNC(=NCc1ccccc1CN(C)C(C)C)NCC(C)(C)N1CCOCC1.I. The average Bonchev–Trinajstić information content (AvgIpc) is 2.71. The summed E-state index contributed by atoms with van der Waals surface area (Å²) >= 11 is 0. The van der Waals surface area contributed by atoms with Crippen LogP contribution in [0.3, 0.4) is 0 Å². The van der Waals surface area contributed by atoms with E-state index >= 15 is 0 Å². The van der Waals surface area contributed by atoms with Crippen LogP contribution in [0, 0.1) is 0 Å². The monoisotopic (exact) mass is 531 g/mol. The molecule has 6 nitrogen and oxygen atoms in total. The third kappa shape index (κ3) is 8.69. The lowest BCUT2D eigenvalue weighted by Crippen LogP contribution is -2.56. The summed E-state index contributed by atoms with van der Waals surface area (Å²) in [4.78, 5) is 9.73. The van der Waals surface area contributed by atoms with E-state index in [0.717, 1.165) is 51.9 Å². The van der Waals surface area contributed by atoms with E-state index in [1.54, 1.807) is 0 Å². The van der Waals surface area contributed by atoms with E-state index in [1.807, 2.05) is 0 Å². The molecule has 0 bridgehead atoms. The first-order valence-electron chi connectivity index (χ1n) is 11.0. The van der Waals surface area contributed by atoms with Gasteiger partial charge < -0.3 is 15.4 Å². The number of rotatable bonds is 9. The van der Waals surface area contributed by atoms with Gasteiger partial charge in [-0.25, -0.2) is 4.99 Å². The molecule has 7 heteroatoms. The van der Waals surface area contributed by atoms with Gasteiger partial charge in [-0.1, -0.05) is 24.3 Å². The van der Waals surface area contributed by atoms with Crippen molar-refractivity contribution in [3.8, 4) is 0 Å². The topological polar surface area (TPSA) is 52.1 Å². The Morgan fingerprint density at radius 2 is 1.80 bits per heavy atom. The van der Waals surface area contributed by atoms with Gasteiger partial charge in [0.2, 0.25) is 0 Å². The standard InChI is InChI=1S/C23H41N5O.HI/c1-7-24-22(26-18-23(4,5)28-12-14-29-15-13-28)25-16-20-10-8-9-11-21(20)17-27(6)19(2)3;/h8-11,19H,7,12-18H2,1-6H3,(H2,24,25,26);1H. The van der Waals surface area contributed by atoms with Crippen molar-refractivity contribution in [1.29, 1.82) is 0 Å². The molecule has 1 saturated heterocycles. The fourth-order valence-corrected chi connectivity index (χ4v) is 3.40. The number of hydrogen-bond donors (Lipinski definition) is 2. The van der Waals surface area contributed by atoms with Gasteiger partial charge in [0, 0.05) is 44.3 Å². The summed E-state index contributed by atoms with van der Waals surface area (Å²) < 4.78 is 5.50. The lowest BCUT2D eigenvalue weighted by atomic mass is 10.0. The van der Waals surface area contributed by atoms with Gasteiger partial charge in [-0.05, 0) is 52.8 Å². The second-order valence-corrected chi connectivity index (χ2v) is 8.74. The van der Waals surface area contributed by atoms with Crippen LogP contribution in [0.2, 0.25) is 0 Å². The molecule has 1 aliphatic rings. The maximum Gasteiger partial charge on any atom is 0.191 e. The number of benzene rings is 1. The van der Waals surface area contributed by atoms with Crippen LogP contribution >= 0.6 is 24.0 Å². The zero-order chi connectivity index (χ0) is 21.3. The number of halogens is 1. The van der Waals surface area contributed by atoms with E-state index in [2.05, 4.69) is 86.4 Å². The van der Waals surface area contributed by atoms with Crippen LogP contribution in [0.4, 0.5) is 0 Å². The average molecular weight is 532 g/mol. The highest BCUT2D eigenvalue weighted by Gasteiger charge is 2.28. The van der Waals surface area contributed by atoms with Crippen molar-refractivity contribution in [1.82, 2.24) is 20.4 Å². The summed E-state index contributed by atoms with van der Waals surface area (Å²) in [6, 6.07) is 9.14. The van der Waals surface area contributed by atoms with Crippen molar-refractivity contribution >= 4 is 29.9 Å². The molecule has 2 rings (SSSR count). The molecule has 0 radical (unpaired) electrons. The van der Waals surface area contributed by atoms with E-state index in [1.165, 1.54) is 11.1 Å². The van der Waals surface area contributed by atoms with Gasteiger partial charge in [-0.2, -0.15) is 0 Å². The summed E-state index contributed by atoms with van der Waals surface area (Å²) in [5, 5.41) is 6.95. The Hall–Kier alpha value is -0.900. The molecule has 1 aromatic rings. The second-order valence-electron chi connectivity index (χ2n) is 8.74. The predicted octanol–water partition coefficient (Wildman–Crippen LogP) is 3.31. The number of hydrogen-bond acceptors (Lipinski definition) is 4. The minimum Gasteiger partial charge on any atom is -0.379 e. The number of guanidine groups is 1. The smallest absolute Gasteiger partial charge is 0.191 e. The molecule has 0 amide bonds. The van der Waals surface area contributed by atoms with Crippen LogP contribution < -0.4 is 10.6 Å². The highest BCUT2D eigenvalue weighted by molar-refractivity contribution is 14.0. The van der Waals surface area contributed by atoms with E-state index in [-0.39, 0.29) is 29.5 Å². The van der Waals surface area contributed by atoms with Gasteiger partial charge >= 0.3 is 0 Å².